The van der Waals surface area contributed by atoms with Crippen LogP contribution >= 0.6 is 0 Å². The molecule has 0 spiro atoms. The van der Waals surface area contributed by atoms with E-state index < -0.39 is 18.6 Å². The van der Waals surface area contributed by atoms with E-state index in [1.54, 1.807) is 0 Å². The predicted octanol–water partition coefficient (Wildman–Crippen LogP) is 2.58. The molecule has 0 bridgehead atoms. The number of amides is 1. The standard InChI is InChI=1S/C13H11F3N2O3/c14-13(15,16)8-18(7-11-2-1-3-21-11)12(20)9-4-10(19)6-17-5-9/h1-6,19H,7-8H2. The quantitative estimate of drug-likeness (QED) is 0.942. The van der Waals surface area contributed by atoms with Crippen LogP contribution in [0, 0.1) is 0 Å². The summed E-state index contributed by atoms with van der Waals surface area (Å²) in [4.78, 5) is 16.3. The number of hydrogen-bond acceptors (Lipinski definition) is 4. The number of pyridine rings is 1. The van der Waals surface area contributed by atoms with Crippen LogP contribution in [0.15, 0.2) is 41.3 Å². The summed E-state index contributed by atoms with van der Waals surface area (Å²) in [5.74, 6) is -0.973. The summed E-state index contributed by atoms with van der Waals surface area (Å²) in [5.41, 5.74) is -0.134. The minimum Gasteiger partial charge on any atom is -0.506 e. The Kier molecular flexibility index (Phi) is 4.15. The number of halogens is 3. The highest BCUT2D eigenvalue weighted by molar-refractivity contribution is 5.94. The Morgan fingerprint density at radius 3 is 2.71 bits per heavy atom. The van der Waals surface area contributed by atoms with Crippen LogP contribution in [-0.4, -0.2) is 33.6 Å². The van der Waals surface area contributed by atoms with E-state index in [1.165, 1.54) is 18.4 Å². The van der Waals surface area contributed by atoms with Crippen LogP contribution in [-0.2, 0) is 6.54 Å². The highest BCUT2D eigenvalue weighted by atomic mass is 19.4. The van der Waals surface area contributed by atoms with E-state index in [-0.39, 0.29) is 23.6 Å². The van der Waals surface area contributed by atoms with Crippen LogP contribution in [0.2, 0.25) is 0 Å². The van der Waals surface area contributed by atoms with Gasteiger partial charge in [-0.3, -0.25) is 9.78 Å². The monoisotopic (exact) mass is 300 g/mol. The van der Waals surface area contributed by atoms with E-state index in [1.807, 2.05) is 0 Å². The molecule has 1 amide bonds. The molecule has 0 aliphatic carbocycles. The number of hydrogen-bond donors (Lipinski definition) is 1. The third kappa shape index (κ3) is 4.23. The number of nitrogens with zero attached hydrogens (tertiary/aromatic N) is 2. The Balaban J connectivity index is 2.23. The van der Waals surface area contributed by atoms with Gasteiger partial charge in [0.05, 0.1) is 24.6 Å². The zero-order chi connectivity index (χ0) is 15.5. The summed E-state index contributed by atoms with van der Waals surface area (Å²) in [6, 6.07) is 4.04. The molecule has 8 heteroatoms. The van der Waals surface area contributed by atoms with Crippen LogP contribution in [0.5, 0.6) is 5.75 Å². The molecule has 0 aliphatic heterocycles. The molecule has 2 rings (SSSR count). The molecule has 0 atom stereocenters. The SMILES string of the molecule is O=C(c1cncc(O)c1)N(Cc1ccco1)CC(F)(F)F. The van der Waals surface area contributed by atoms with Gasteiger partial charge >= 0.3 is 6.18 Å². The summed E-state index contributed by atoms with van der Waals surface area (Å²) in [5, 5.41) is 9.26. The summed E-state index contributed by atoms with van der Waals surface area (Å²) in [6.07, 6.45) is -1.07. The maximum Gasteiger partial charge on any atom is 0.406 e. The van der Waals surface area contributed by atoms with Crippen molar-refractivity contribution >= 4 is 5.91 Å². The predicted molar refractivity (Wildman–Crippen MR) is 65.4 cm³/mol. The smallest absolute Gasteiger partial charge is 0.406 e. The first-order valence-electron chi connectivity index (χ1n) is 5.87. The van der Waals surface area contributed by atoms with E-state index in [0.717, 1.165) is 18.5 Å². The lowest BCUT2D eigenvalue weighted by molar-refractivity contribution is -0.142. The van der Waals surface area contributed by atoms with Crippen molar-refractivity contribution in [2.24, 2.45) is 0 Å². The maximum absolute atomic E-state index is 12.6. The molecule has 0 aliphatic rings. The van der Waals surface area contributed by atoms with Crippen molar-refractivity contribution in [1.82, 2.24) is 9.88 Å². The summed E-state index contributed by atoms with van der Waals surface area (Å²) < 4.78 is 42.8. The molecule has 0 saturated heterocycles. The number of furan rings is 1. The summed E-state index contributed by atoms with van der Waals surface area (Å²) in [7, 11) is 0. The number of aromatic hydroxyl groups is 1. The van der Waals surface area contributed by atoms with Crippen molar-refractivity contribution in [1.29, 1.82) is 0 Å². The van der Waals surface area contributed by atoms with Crippen LogP contribution in [0.1, 0.15) is 16.1 Å². The van der Waals surface area contributed by atoms with E-state index in [9.17, 15) is 23.1 Å². The van der Waals surface area contributed by atoms with Gasteiger partial charge in [-0.2, -0.15) is 13.2 Å². The van der Waals surface area contributed by atoms with Gasteiger partial charge < -0.3 is 14.4 Å². The van der Waals surface area contributed by atoms with Gasteiger partial charge in [0.2, 0.25) is 0 Å². The number of rotatable bonds is 4. The van der Waals surface area contributed by atoms with Crippen molar-refractivity contribution in [3.63, 3.8) is 0 Å². The molecule has 0 saturated carbocycles. The lowest BCUT2D eigenvalue weighted by Crippen LogP contribution is -2.38. The molecule has 0 fully saturated rings. The van der Waals surface area contributed by atoms with Crippen molar-refractivity contribution in [3.8, 4) is 5.75 Å². The Morgan fingerprint density at radius 2 is 2.14 bits per heavy atom. The molecular weight excluding hydrogens is 289 g/mol. The molecule has 0 radical (unpaired) electrons. The van der Waals surface area contributed by atoms with Gasteiger partial charge in [-0.1, -0.05) is 0 Å². The third-order valence-corrected chi connectivity index (χ3v) is 2.55. The fraction of sp³-hybridized carbons (Fsp3) is 0.231. The van der Waals surface area contributed by atoms with Gasteiger partial charge in [0.1, 0.15) is 18.1 Å². The molecule has 2 aromatic heterocycles. The van der Waals surface area contributed by atoms with Gasteiger partial charge in [-0.15, -0.1) is 0 Å². The molecular formula is C13H11F3N2O3. The maximum atomic E-state index is 12.6. The fourth-order valence-electron chi connectivity index (χ4n) is 1.73. The lowest BCUT2D eigenvalue weighted by Gasteiger charge is -2.23. The molecule has 2 aromatic rings. The van der Waals surface area contributed by atoms with Gasteiger partial charge in [-0.25, -0.2) is 0 Å². The van der Waals surface area contributed by atoms with Crippen LogP contribution in [0.25, 0.3) is 0 Å². The van der Waals surface area contributed by atoms with E-state index in [2.05, 4.69) is 4.98 Å². The normalized spacial score (nSPS) is 11.4. The zero-order valence-corrected chi connectivity index (χ0v) is 10.7. The Labute approximate surface area is 117 Å². The molecule has 1 N–H and O–H groups in total. The van der Waals surface area contributed by atoms with E-state index in [0.29, 0.717) is 4.90 Å². The molecule has 112 valence electrons. The topological polar surface area (TPSA) is 66.6 Å². The summed E-state index contributed by atoms with van der Waals surface area (Å²) >= 11 is 0. The average molecular weight is 300 g/mol. The number of alkyl halides is 3. The molecule has 21 heavy (non-hydrogen) atoms. The van der Waals surface area contributed by atoms with Crippen molar-refractivity contribution in [2.75, 3.05) is 6.54 Å². The largest absolute Gasteiger partial charge is 0.506 e. The third-order valence-electron chi connectivity index (χ3n) is 2.55. The second-order valence-corrected chi connectivity index (χ2v) is 4.29. The number of carbonyl (C=O) groups is 1. The molecule has 5 nitrogen and oxygen atoms in total. The van der Waals surface area contributed by atoms with Gasteiger partial charge in [-0.05, 0) is 18.2 Å². The van der Waals surface area contributed by atoms with Gasteiger partial charge in [0.25, 0.3) is 5.91 Å². The minimum absolute atomic E-state index is 0.134. The van der Waals surface area contributed by atoms with Crippen LogP contribution in [0.4, 0.5) is 13.2 Å². The van der Waals surface area contributed by atoms with Crippen LogP contribution in [0.3, 0.4) is 0 Å². The zero-order valence-electron chi connectivity index (χ0n) is 10.7. The van der Waals surface area contributed by atoms with Gasteiger partial charge in [0.15, 0.2) is 0 Å². The minimum atomic E-state index is -4.55. The second kappa shape index (κ2) is 5.86. The van der Waals surface area contributed by atoms with Crippen molar-refractivity contribution < 1.29 is 27.5 Å². The Bertz CT molecular complexity index is 611. The second-order valence-electron chi connectivity index (χ2n) is 4.29. The molecule has 0 aromatic carbocycles. The number of aromatic nitrogens is 1. The summed E-state index contributed by atoms with van der Waals surface area (Å²) in [6.45, 7) is -1.76. The average Bonchev–Trinajstić information content (AvgIpc) is 2.88. The Hall–Kier alpha value is -2.51. The van der Waals surface area contributed by atoms with Crippen molar-refractivity contribution in [2.45, 2.75) is 12.7 Å². The lowest BCUT2D eigenvalue weighted by atomic mass is 10.2. The molecule has 2 heterocycles. The first-order valence-corrected chi connectivity index (χ1v) is 5.87. The van der Waals surface area contributed by atoms with Crippen LogP contribution < -0.4 is 0 Å². The van der Waals surface area contributed by atoms with Gasteiger partial charge in [0, 0.05) is 6.20 Å². The first-order chi connectivity index (χ1) is 9.85. The van der Waals surface area contributed by atoms with Crippen molar-refractivity contribution in [3.05, 3.63) is 48.2 Å². The van der Waals surface area contributed by atoms with E-state index in [4.69, 9.17) is 4.42 Å². The molecule has 0 unspecified atom stereocenters. The first kappa shape index (κ1) is 14.9. The fourth-order valence-corrected chi connectivity index (χ4v) is 1.73. The van der Waals surface area contributed by atoms with E-state index >= 15 is 0 Å². The Morgan fingerprint density at radius 1 is 1.38 bits per heavy atom. The number of carbonyl (C=O) groups excluding carboxylic acids is 1. The highest BCUT2D eigenvalue weighted by Gasteiger charge is 2.34. The highest BCUT2D eigenvalue weighted by Crippen LogP contribution is 2.21.